The molecule has 1 fully saturated rings. The summed E-state index contributed by atoms with van der Waals surface area (Å²) in [5.41, 5.74) is 0. The van der Waals surface area contributed by atoms with Crippen LogP contribution in [0.4, 0.5) is 0 Å². The van der Waals surface area contributed by atoms with Crippen LogP contribution in [-0.2, 0) is 9.47 Å². The second-order valence-electron chi connectivity index (χ2n) is 3.73. The van der Waals surface area contributed by atoms with Crippen LogP contribution in [0.5, 0.6) is 0 Å². The van der Waals surface area contributed by atoms with Gasteiger partial charge >= 0.3 is 0 Å². The molecular weight excluding hydrogens is 168 g/mol. The molecule has 1 N–H and O–H groups in total. The number of hydrogen-bond donors (Lipinski definition) is 1. The monoisotopic (exact) mass is 188 g/mol. The molecule has 0 aromatic rings. The highest BCUT2D eigenvalue weighted by atomic mass is 16.7. The Bertz CT molecular complexity index is 141. The summed E-state index contributed by atoms with van der Waals surface area (Å²) in [5.74, 6) is -0.417. The zero-order valence-electron chi connectivity index (χ0n) is 8.58. The predicted molar refractivity (Wildman–Crippen MR) is 50.4 cm³/mol. The van der Waals surface area contributed by atoms with E-state index in [1.807, 2.05) is 6.92 Å². The number of rotatable bonds is 5. The number of hydrogen-bond acceptors (Lipinski definition) is 3. The number of unbranched alkanes of at least 4 members (excludes halogenated alkanes) is 1. The van der Waals surface area contributed by atoms with Crippen molar-refractivity contribution in [2.75, 3.05) is 19.8 Å². The largest absolute Gasteiger partial charge is 0.396 e. The van der Waals surface area contributed by atoms with Crippen molar-refractivity contribution >= 4 is 0 Å². The topological polar surface area (TPSA) is 38.7 Å². The fourth-order valence-electron chi connectivity index (χ4n) is 1.74. The third kappa shape index (κ3) is 2.66. The first-order valence-corrected chi connectivity index (χ1v) is 5.11. The molecule has 3 heteroatoms. The van der Waals surface area contributed by atoms with Crippen molar-refractivity contribution in [1.29, 1.82) is 0 Å². The van der Waals surface area contributed by atoms with Crippen LogP contribution in [0.3, 0.4) is 0 Å². The van der Waals surface area contributed by atoms with E-state index in [2.05, 4.69) is 6.92 Å². The van der Waals surface area contributed by atoms with Gasteiger partial charge in [-0.2, -0.15) is 0 Å². The van der Waals surface area contributed by atoms with Crippen molar-refractivity contribution in [1.82, 2.24) is 0 Å². The molecule has 13 heavy (non-hydrogen) atoms. The van der Waals surface area contributed by atoms with E-state index >= 15 is 0 Å². The molecule has 0 bridgehead atoms. The molecule has 1 saturated heterocycles. The molecule has 0 radical (unpaired) electrons. The first-order valence-electron chi connectivity index (χ1n) is 5.11. The van der Waals surface area contributed by atoms with Gasteiger partial charge in [-0.3, -0.25) is 0 Å². The van der Waals surface area contributed by atoms with Gasteiger partial charge in [-0.1, -0.05) is 19.8 Å². The van der Waals surface area contributed by atoms with E-state index in [0.717, 1.165) is 19.3 Å². The minimum atomic E-state index is -0.538. The Kier molecular flexibility index (Phi) is 4.16. The molecule has 0 aliphatic carbocycles. The Labute approximate surface area is 80.0 Å². The molecule has 1 rings (SSSR count). The van der Waals surface area contributed by atoms with Gasteiger partial charge in [0.2, 0.25) is 0 Å². The molecule has 1 aliphatic heterocycles. The second-order valence-corrected chi connectivity index (χ2v) is 3.73. The summed E-state index contributed by atoms with van der Waals surface area (Å²) < 4.78 is 11.0. The minimum Gasteiger partial charge on any atom is -0.396 e. The van der Waals surface area contributed by atoms with Crippen LogP contribution in [0, 0.1) is 5.92 Å². The quantitative estimate of drug-likeness (QED) is 0.711. The van der Waals surface area contributed by atoms with Crippen LogP contribution in [0.25, 0.3) is 0 Å². The summed E-state index contributed by atoms with van der Waals surface area (Å²) in [7, 11) is 0. The van der Waals surface area contributed by atoms with Crippen molar-refractivity contribution < 1.29 is 14.6 Å². The summed E-state index contributed by atoms with van der Waals surface area (Å²) in [6, 6.07) is 0. The van der Waals surface area contributed by atoms with E-state index in [9.17, 15) is 5.11 Å². The van der Waals surface area contributed by atoms with Gasteiger partial charge in [-0.25, -0.2) is 0 Å². The summed E-state index contributed by atoms with van der Waals surface area (Å²) in [6.07, 6.45) is 3.24. The molecule has 0 spiro atoms. The third-order valence-electron chi connectivity index (χ3n) is 2.73. The van der Waals surface area contributed by atoms with Crippen LogP contribution in [-0.4, -0.2) is 30.7 Å². The fourth-order valence-corrected chi connectivity index (χ4v) is 1.74. The highest BCUT2D eigenvalue weighted by Gasteiger charge is 2.38. The second kappa shape index (κ2) is 4.94. The van der Waals surface area contributed by atoms with E-state index < -0.39 is 5.79 Å². The maximum absolute atomic E-state index is 9.22. The Morgan fingerprint density at radius 2 is 2.00 bits per heavy atom. The minimum absolute atomic E-state index is 0.120. The molecule has 0 aromatic heterocycles. The lowest BCUT2D eigenvalue weighted by Crippen LogP contribution is -2.38. The molecule has 1 aliphatic rings. The van der Waals surface area contributed by atoms with Gasteiger partial charge in [0.15, 0.2) is 5.79 Å². The summed E-state index contributed by atoms with van der Waals surface area (Å²) in [5, 5.41) is 9.22. The lowest BCUT2D eigenvalue weighted by atomic mass is 9.95. The molecule has 0 aromatic carbocycles. The normalized spacial score (nSPS) is 23.3. The molecule has 0 amide bonds. The first kappa shape index (κ1) is 11.0. The zero-order valence-corrected chi connectivity index (χ0v) is 8.58. The van der Waals surface area contributed by atoms with E-state index in [-0.39, 0.29) is 12.5 Å². The van der Waals surface area contributed by atoms with Crippen LogP contribution >= 0.6 is 0 Å². The predicted octanol–water partition coefficient (Wildman–Crippen LogP) is 1.55. The molecule has 3 nitrogen and oxygen atoms in total. The Morgan fingerprint density at radius 3 is 2.46 bits per heavy atom. The van der Waals surface area contributed by atoms with Crippen LogP contribution in [0.1, 0.15) is 33.1 Å². The molecule has 1 heterocycles. The number of aliphatic hydroxyl groups is 1. The van der Waals surface area contributed by atoms with Crippen LogP contribution in [0.15, 0.2) is 0 Å². The summed E-state index contributed by atoms with van der Waals surface area (Å²) in [6.45, 7) is 5.53. The average molecular weight is 188 g/mol. The van der Waals surface area contributed by atoms with Crippen molar-refractivity contribution in [3.05, 3.63) is 0 Å². The van der Waals surface area contributed by atoms with E-state index in [1.165, 1.54) is 0 Å². The lowest BCUT2D eigenvalue weighted by Gasteiger charge is -2.30. The zero-order chi connectivity index (χ0) is 9.73. The summed E-state index contributed by atoms with van der Waals surface area (Å²) >= 11 is 0. The van der Waals surface area contributed by atoms with E-state index in [1.54, 1.807) is 0 Å². The SMILES string of the molecule is CCCCC(CO)C1(C)OCCO1. The van der Waals surface area contributed by atoms with Gasteiger partial charge in [0.25, 0.3) is 0 Å². The van der Waals surface area contributed by atoms with Crippen LogP contribution in [0.2, 0.25) is 0 Å². The van der Waals surface area contributed by atoms with E-state index in [4.69, 9.17) is 9.47 Å². The van der Waals surface area contributed by atoms with Gasteiger partial charge in [0.1, 0.15) is 0 Å². The molecule has 78 valence electrons. The standard InChI is InChI=1S/C10H20O3/c1-3-4-5-9(8-11)10(2)12-6-7-13-10/h9,11H,3-8H2,1-2H3. The van der Waals surface area contributed by atoms with Crippen molar-refractivity contribution in [3.8, 4) is 0 Å². The Hall–Kier alpha value is -0.120. The number of ether oxygens (including phenoxy) is 2. The van der Waals surface area contributed by atoms with E-state index in [0.29, 0.717) is 13.2 Å². The number of aliphatic hydroxyl groups excluding tert-OH is 1. The lowest BCUT2D eigenvalue weighted by molar-refractivity contribution is -0.191. The van der Waals surface area contributed by atoms with Crippen molar-refractivity contribution in [2.24, 2.45) is 5.92 Å². The maximum atomic E-state index is 9.22. The highest BCUT2D eigenvalue weighted by molar-refractivity contribution is 4.77. The third-order valence-corrected chi connectivity index (χ3v) is 2.73. The maximum Gasteiger partial charge on any atom is 0.170 e. The molecular formula is C10H20O3. The molecule has 1 unspecified atom stereocenters. The van der Waals surface area contributed by atoms with Crippen molar-refractivity contribution in [2.45, 2.75) is 38.9 Å². The van der Waals surface area contributed by atoms with Gasteiger partial charge in [0, 0.05) is 5.92 Å². The Balaban J connectivity index is 2.43. The fraction of sp³-hybridized carbons (Fsp3) is 1.00. The smallest absolute Gasteiger partial charge is 0.170 e. The van der Waals surface area contributed by atoms with Gasteiger partial charge in [0.05, 0.1) is 19.8 Å². The van der Waals surface area contributed by atoms with Crippen molar-refractivity contribution in [3.63, 3.8) is 0 Å². The van der Waals surface area contributed by atoms with Gasteiger partial charge in [-0.15, -0.1) is 0 Å². The van der Waals surface area contributed by atoms with Crippen LogP contribution < -0.4 is 0 Å². The van der Waals surface area contributed by atoms with Gasteiger partial charge in [-0.05, 0) is 13.3 Å². The Morgan fingerprint density at radius 1 is 1.38 bits per heavy atom. The van der Waals surface area contributed by atoms with Gasteiger partial charge < -0.3 is 14.6 Å². The molecule has 1 atom stereocenters. The average Bonchev–Trinajstić information content (AvgIpc) is 2.54. The highest BCUT2D eigenvalue weighted by Crippen LogP contribution is 2.30. The first-order chi connectivity index (χ1) is 6.23. The summed E-state index contributed by atoms with van der Waals surface area (Å²) in [4.78, 5) is 0. The molecule has 0 saturated carbocycles.